The van der Waals surface area contributed by atoms with Crippen molar-refractivity contribution in [3.05, 3.63) is 76.6 Å². The van der Waals surface area contributed by atoms with Gasteiger partial charge in [-0.15, -0.1) is 0 Å². The van der Waals surface area contributed by atoms with Crippen molar-refractivity contribution in [1.29, 1.82) is 0 Å². The average molecular weight is 381 g/mol. The van der Waals surface area contributed by atoms with Crippen LogP contribution in [0.4, 0.5) is 17.3 Å². The molecule has 0 unspecified atom stereocenters. The number of rotatable bonds is 5. The molecular formula is C20H17ClN4O2. The van der Waals surface area contributed by atoms with Gasteiger partial charge in [0.25, 0.3) is 5.91 Å². The van der Waals surface area contributed by atoms with Crippen LogP contribution in [-0.4, -0.2) is 21.7 Å². The second kappa shape index (κ2) is 7.97. The lowest BCUT2D eigenvalue weighted by Gasteiger charge is -2.10. The number of carbonyl (C=O) groups excluding carboxylic acids is 2. The zero-order chi connectivity index (χ0) is 19.4. The number of anilines is 3. The SMILES string of the molecule is CC(=O)c1ccc(NC(=O)c2cc(C)nc(Nc3ccccc3Cl)n2)cc1. The first-order chi connectivity index (χ1) is 12.9. The number of hydrogen-bond donors (Lipinski definition) is 2. The van der Waals surface area contributed by atoms with E-state index in [2.05, 4.69) is 20.6 Å². The van der Waals surface area contributed by atoms with Gasteiger partial charge >= 0.3 is 0 Å². The first-order valence-corrected chi connectivity index (χ1v) is 8.60. The summed E-state index contributed by atoms with van der Waals surface area (Å²) in [5.74, 6) is -0.131. The normalized spacial score (nSPS) is 10.3. The minimum Gasteiger partial charge on any atom is -0.323 e. The van der Waals surface area contributed by atoms with E-state index < -0.39 is 0 Å². The molecule has 0 aliphatic heterocycles. The maximum absolute atomic E-state index is 12.5. The topological polar surface area (TPSA) is 84.0 Å². The lowest BCUT2D eigenvalue weighted by atomic mass is 10.1. The molecule has 1 amide bonds. The number of benzene rings is 2. The number of carbonyl (C=O) groups is 2. The highest BCUT2D eigenvalue weighted by Gasteiger charge is 2.12. The van der Waals surface area contributed by atoms with E-state index in [0.29, 0.717) is 27.7 Å². The standard InChI is InChI=1S/C20H17ClN4O2/c1-12-11-18(19(27)23-15-9-7-14(8-10-15)13(2)26)25-20(22-12)24-17-6-4-3-5-16(17)21/h3-11H,1-2H3,(H,23,27)(H,22,24,25). The predicted molar refractivity (Wildman–Crippen MR) is 106 cm³/mol. The van der Waals surface area contributed by atoms with E-state index in [9.17, 15) is 9.59 Å². The summed E-state index contributed by atoms with van der Waals surface area (Å²) in [6.07, 6.45) is 0. The van der Waals surface area contributed by atoms with Gasteiger partial charge in [0.05, 0.1) is 10.7 Å². The lowest BCUT2D eigenvalue weighted by Crippen LogP contribution is -2.15. The van der Waals surface area contributed by atoms with Crippen LogP contribution in [0.1, 0.15) is 33.5 Å². The Hall–Kier alpha value is -3.25. The molecule has 3 rings (SSSR count). The van der Waals surface area contributed by atoms with Gasteiger partial charge in [0.1, 0.15) is 5.69 Å². The van der Waals surface area contributed by atoms with E-state index in [1.54, 1.807) is 49.4 Å². The third-order valence-corrected chi connectivity index (χ3v) is 4.09. The Balaban J connectivity index is 1.79. The molecular weight excluding hydrogens is 364 g/mol. The number of halogens is 1. The van der Waals surface area contributed by atoms with Crippen molar-refractivity contribution in [3.8, 4) is 0 Å². The second-order valence-corrected chi connectivity index (χ2v) is 6.32. The Morgan fingerprint density at radius 3 is 2.37 bits per heavy atom. The molecule has 27 heavy (non-hydrogen) atoms. The molecule has 0 saturated heterocycles. The highest BCUT2D eigenvalue weighted by molar-refractivity contribution is 6.33. The number of amides is 1. The molecule has 0 bridgehead atoms. The van der Waals surface area contributed by atoms with Crippen molar-refractivity contribution in [2.75, 3.05) is 10.6 Å². The average Bonchev–Trinajstić information content (AvgIpc) is 2.63. The summed E-state index contributed by atoms with van der Waals surface area (Å²) in [6, 6.07) is 15.5. The zero-order valence-corrected chi connectivity index (χ0v) is 15.5. The van der Waals surface area contributed by atoms with Crippen LogP contribution in [0.15, 0.2) is 54.6 Å². The van der Waals surface area contributed by atoms with Crippen LogP contribution < -0.4 is 10.6 Å². The quantitative estimate of drug-likeness (QED) is 0.630. The summed E-state index contributed by atoms with van der Waals surface area (Å²) in [6.45, 7) is 3.27. The van der Waals surface area contributed by atoms with Gasteiger partial charge in [-0.25, -0.2) is 9.97 Å². The van der Waals surface area contributed by atoms with Gasteiger partial charge in [0.2, 0.25) is 5.95 Å². The van der Waals surface area contributed by atoms with E-state index in [4.69, 9.17) is 11.6 Å². The first kappa shape index (κ1) is 18.5. The van der Waals surface area contributed by atoms with Crippen LogP contribution in [0.25, 0.3) is 0 Å². The molecule has 0 spiro atoms. The van der Waals surface area contributed by atoms with Crippen molar-refractivity contribution in [2.24, 2.45) is 0 Å². The molecule has 0 aliphatic rings. The minimum absolute atomic E-state index is 0.0328. The Kier molecular flexibility index (Phi) is 5.47. The molecule has 7 heteroatoms. The smallest absolute Gasteiger partial charge is 0.274 e. The van der Waals surface area contributed by atoms with E-state index in [1.807, 2.05) is 12.1 Å². The van der Waals surface area contributed by atoms with Gasteiger partial charge < -0.3 is 10.6 Å². The minimum atomic E-state index is -0.377. The van der Waals surface area contributed by atoms with Crippen LogP contribution in [0, 0.1) is 6.92 Å². The molecule has 1 heterocycles. The molecule has 0 aliphatic carbocycles. The lowest BCUT2D eigenvalue weighted by molar-refractivity contribution is 0.101. The molecule has 0 saturated carbocycles. The van der Waals surface area contributed by atoms with Crippen LogP contribution in [-0.2, 0) is 0 Å². The van der Waals surface area contributed by atoms with E-state index in [1.165, 1.54) is 6.92 Å². The predicted octanol–water partition coefficient (Wildman–Crippen LogP) is 4.64. The summed E-state index contributed by atoms with van der Waals surface area (Å²) in [7, 11) is 0. The number of hydrogen-bond acceptors (Lipinski definition) is 5. The largest absolute Gasteiger partial charge is 0.323 e. The van der Waals surface area contributed by atoms with Crippen LogP contribution in [0.2, 0.25) is 5.02 Å². The molecule has 3 aromatic rings. The fraction of sp³-hybridized carbons (Fsp3) is 0.100. The molecule has 1 aromatic heterocycles. The van der Waals surface area contributed by atoms with Crippen molar-refractivity contribution in [1.82, 2.24) is 9.97 Å². The number of nitrogens with one attached hydrogen (secondary N) is 2. The summed E-state index contributed by atoms with van der Waals surface area (Å²) >= 11 is 6.14. The number of aromatic nitrogens is 2. The monoisotopic (exact) mass is 380 g/mol. The Morgan fingerprint density at radius 1 is 1.00 bits per heavy atom. The van der Waals surface area contributed by atoms with Crippen molar-refractivity contribution in [2.45, 2.75) is 13.8 Å². The van der Waals surface area contributed by atoms with Crippen molar-refractivity contribution >= 4 is 40.6 Å². The summed E-state index contributed by atoms with van der Waals surface area (Å²) in [4.78, 5) is 32.4. The number of Topliss-reactive ketones (excluding diaryl/α,β-unsaturated/α-hetero) is 1. The van der Waals surface area contributed by atoms with Gasteiger partial charge in [-0.2, -0.15) is 0 Å². The van der Waals surface area contributed by atoms with Gasteiger partial charge in [-0.1, -0.05) is 23.7 Å². The maximum Gasteiger partial charge on any atom is 0.274 e. The van der Waals surface area contributed by atoms with Crippen molar-refractivity contribution < 1.29 is 9.59 Å². The number of aryl methyl sites for hydroxylation is 1. The molecule has 0 atom stereocenters. The highest BCUT2D eigenvalue weighted by Crippen LogP contribution is 2.23. The van der Waals surface area contributed by atoms with Gasteiger partial charge in [0, 0.05) is 16.9 Å². The Bertz CT molecular complexity index is 1000. The van der Waals surface area contributed by atoms with Crippen LogP contribution in [0.5, 0.6) is 0 Å². The fourth-order valence-electron chi connectivity index (χ4n) is 2.41. The third kappa shape index (κ3) is 4.68. The van der Waals surface area contributed by atoms with Crippen LogP contribution >= 0.6 is 11.6 Å². The number of para-hydroxylation sites is 1. The second-order valence-electron chi connectivity index (χ2n) is 5.91. The number of ketones is 1. The Morgan fingerprint density at radius 2 is 1.70 bits per heavy atom. The van der Waals surface area contributed by atoms with Crippen molar-refractivity contribution in [3.63, 3.8) is 0 Å². The number of nitrogens with zero attached hydrogens (tertiary/aromatic N) is 2. The Labute approximate surface area is 161 Å². The zero-order valence-electron chi connectivity index (χ0n) is 14.8. The fourth-order valence-corrected chi connectivity index (χ4v) is 2.59. The first-order valence-electron chi connectivity index (χ1n) is 8.22. The van der Waals surface area contributed by atoms with Crippen LogP contribution in [0.3, 0.4) is 0 Å². The maximum atomic E-state index is 12.5. The molecule has 2 aromatic carbocycles. The molecule has 0 radical (unpaired) electrons. The summed E-state index contributed by atoms with van der Waals surface area (Å²) in [5, 5.41) is 6.31. The molecule has 0 fully saturated rings. The molecule has 2 N–H and O–H groups in total. The molecule has 6 nitrogen and oxygen atoms in total. The van der Waals surface area contributed by atoms with E-state index in [-0.39, 0.29) is 23.3 Å². The van der Waals surface area contributed by atoms with E-state index in [0.717, 1.165) is 0 Å². The van der Waals surface area contributed by atoms with Gasteiger partial charge in [0.15, 0.2) is 5.78 Å². The van der Waals surface area contributed by atoms with Gasteiger partial charge in [-0.05, 0) is 56.3 Å². The van der Waals surface area contributed by atoms with E-state index >= 15 is 0 Å². The highest BCUT2D eigenvalue weighted by atomic mass is 35.5. The third-order valence-electron chi connectivity index (χ3n) is 3.76. The summed E-state index contributed by atoms with van der Waals surface area (Å²) in [5.41, 5.74) is 2.65. The summed E-state index contributed by atoms with van der Waals surface area (Å²) < 4.78 is 0. The molecule has 136 valence electrons. The van der Waals surface area contributed by atoms with Gasteiger partial charge in [-0.3, -0.25) is 9.59 Å².